The maximum absolute atomic E-state index is 14.3. The third-order valence-electron chi connectivity index (χ3n) is 10.2. The number of Topliss-reactive ketones (excluding diaryl/α,β-unsaturated/α-hetero) is 3. The van der Waals surface area contributed by atoms with E-state index in [1.165, 1.54) is 11.1 Å². The van der Waals surface area contributed by atoms with Gasteiger partial charge in [-0.2, -0.15) is 0 Å². The van der Waals surface area contributed by atoms with Crippen molar-refractivity contribution in [3.05, 3.63) is 106 Å². The monoisotopic (exact) mass is 608 g/mol. The fourth-order valence-corrected chi connectivity index (χ4v) is 7.00. The lowest BCUT2D eigenvalue weighted by atomic mass is 9.71. The van der Waals surface area contributed by atoms with Crippen LogP contribution in [0, 0.1) is 44.4 Å². The minimum atomic E-state index is -0.730. The van der Waals surface area contributed by atoms with Crippen LogP contribution in [0.25, 0.3) is 0 Å². The number of carbonyl (C=O) groups excluding carboxylic acids is 3. The Labute approximate surface area is 271 Å². The molecule has 4 nitrogen and oxygen atoms in total. The van der Waals surface area contributed by atoms with Gasteiger partial charge in [-0.25, -0.2) is 0 Å². The maximum Gasteiger partial charge on any atom is 0.163 e. The molecule has 4 rings (SSSR count). The van der Waals surface area contributed by atoms with Crippen molar-refractivity contribution in [3.8, 4) is 0 Å². The molecule has 4 atom stereocenters. The third-order valence-corrected chi connectivity index (χ3v) is 10.2. The van der Waals surface area contributed by atoms with E-state index in [-0.39, 0.29) is 41.7 Å². The zero-order chi connectivity index (χ0) is 33.1. The van der Waals surface area contributed by atoms with Crippen molar-refractivity contribution in [1.29, 1.82) is 0 Å². The van der Waals surface area contributed by atoms with Crippen LogP contribution in [0.2, 0.25) is 0 Å². The SMILES string of the molecule is Cc1cc(C(C)(C)C)ccc1CCC(=O)C1C(C(=O)C(C)C(CC(=O)c2cccc(C)c2C)Cc2ccccc2)COC1(C)C. The van der Waals surface area contributed by atoms with Crippen LogP contribution in [0.3, 0.4) is 0 Å². The molecule has 3 aromatic rings. The van der Waals surface area contributed by atoms with Gasteiger partial charge in [0.25, 0.3) is 0 Å². The van der Waals surface area contributed by atoms with Gasteiger partial charge in [0.05, 0.1) is 24.0 Å². The number of hydrogen-bond donors (Lipinski definition) is 0. The van der Waals surface area contributed by atoms with E-state index in [1.807, 2.05) is 71.0 Å². The third kappa shape index (κ3) is 8.08. The topological polar surface area (TPSA) is 60.4 Å². The van der Waals surface area contributed by atoms with E-state index >= 15 is 0 Å². The number of rotatable bonds is 12. The molecule has 0 amide bonds. The quantitative estimate of drug-likeness (QED) is 0.193. The molecule has 0 N–H and O–H groups in total. The Kier molecular flexibility index (Phi) is 10.7. The molecule has 4 unspecified atom stereocenters. The highest BCUT2D eigenvalue weighted by Crippen LogP contribution is 2.41. The molecule has 240 valence electrons. The molecule has 3 aromatic carbocycles. The Bertz CT molecular complexity index is 1520. The Morgan fingerprint density at radius 3 is 2.24 bits per heavy atom. The Morgan fingerprint density at radius 2 is 1.60 bits per heavy atom. The first kappa shape index (κ1) is 34.5. The van der Waals surface area contributed by atoms with Gasteiger partial charge in [0.15, 0.2) is 5.78 Å². The van der Waals surface area contributed by atoms with Crippen LogP contribution >= 0.6 is 0 Å². The van der Waals surface area contributed by atoms with Gasteiger partial charge in [-0.15, -0.1) is 0 Å². The van der Waals surface area contributed by atoms with Gasteiger partial charge >= 0.3 is 0 Å². The summed E-state index contributed by atoms with van der Waals surface area (Å²) in [6.45, 7) is 18.8. The van der Waals surface area contributed by atoms with Crippen molar-refractivity contribution >= 4 is 17.3 Å². The Morgan fingerprint density at radius 1 is 0.911 bits per heavy atom. The summed E-state index contributed by atoms with van der Waals surface area (Å²) in [6, 6.07) is 22.4. The number of carbonyl (C=O) groups is 3. The normalized spacial score (nSPS) is 19.2. The zero-order valence-electron chi connectivity index (χ0n) is 28.8. The first-order valence-corrected chi connectivity index (χ1v) is 16.5. The predicted octanol–water partition coefficient (Wildman–Crippen LogP) is 8.79. The summed E-state index contributed by atoms with van der Waals surface area (Å²) in [5.74, 6) is -1.50. The van der Waals surface area contributed by atoms with Crippen LogP contribution in [-0.2, 0) is 32.6 Å². The molecule has 0 aliphatic carbocycles. The van der Waals surface area contributed by atoms with Crippen LogP contribution < -0.4 is 0 Å². The average molecular weight is 609 g/mol. The van der Waals surface area contributed by atoms with Crippen molar-refractivity contribution in [2.75, 3.05) is 6.61 Å². The van der Waals surface area contributed by atoms with Crippen LogP contribution in [0.15, 0.2) is 66.7 Å². The van der Waals surface area contributed by atoms with Gasteiger partial charge in [0, 0.05) is 24.3 Å². The number of ketones is 3. The minimum absolute atomic E-state index is 0.0272. The van der Waals surface area contributed by atoms with E-state index in [0.717, 1.165) is 27.8 Å². The number of benzene rings is 3. The summed E-state index contributed by atoms with van der Waals surface area (Å²) in [4.78, 5) is 41.9. The average Bonchev–Trinajstić information content (AvgIpc) is 3.31. The van der Waals surface area contributed by atoms with Crippen LogP contribution in [0.4, 0.5) is 0 Å². The lowest BCUT2D eigenvalue weighted by Gasteiger charge is -2.30. The molecule has 0 radical (unpaired) electrons. The smallest absolute Gasteiger partial charge is 0.163 e. The molecule has 0 saturated carbocycles. The molecule has 45 heavy (non-hydrogen) atoms. The number of hydrogen-bond acceptors (Lipinski definition) is 4. The Balaban J connectivity index is 1.54. The van der Waals surface area contributed by atoms with E-state index in [0.29, 0.717) is 19.3 Å². The van der Waals surface area contributed by atoms with Gasteiger partial charge in [-0.05, 0) is 92.2 Å². The first-order valence-electron chi connectivity index (χ1n) is 16.5. The number of aryl methyl sites for hydroxylation is 3. The van der Waals surface area contributed by atoms with E-state index in [4.69, 9.17) is 4.74 Å². The molecule has 0 aromatic heterocycles. The molecule has 1 saturated heterocycles. The maximum atomic E-state index is 14.3. The molecule has 1 aliphatic heterocycles. The molecule has 4 heteroatoms. The number of ether oxygens (including phenoxy) is 1. The molecular weight excluding hydrogens is 556 g/mol. The Hall–Kier alpha value is -3.37. The fourth-order valence-electron chi connectivity index (χ4n) is 7.00. The molecule has 1 fully saturated rings. The second-order valence-electron chi connectivity index (χ2n) is 14.9. The molecule has 1 heterocycles. The lowest BCUT2D eigenvalue weighted by molar-refractivity contribution is -0.135. The zero-order valence-corrected chi connectivity index (χ0v) is 28.8. The van der Waals surface area contributed by atoms with Crippen molar-refractivity contribution in [1.82, 2.24) is 0 Å². The predicted molar refractivity (Wildman–Crippen MR) is 183 cm³/mol. The highest BCUT2D eigenvalue weighted by molar-refractivity contribution is 5.98. The second-order valence-corrected chi connectivity index (χ2v) is 14.9. The van der Waals surface area contributed by atoms with Crippen molar-refractivity contribution in [2.24, 2.45) is 23.7 Å². The fraction of sp³-hybridized carbons (Fsp3) is 0.488. The molecule has 0 bridgehead atoms. The summed E-state index contributed by atoms with van der Waals surface area (Å²) in [5, 5.41) is 0. The van der Waals surface area contributed by atoms with Crippen molar-refractivity contribution in [2.45, 2.75) is 99.0 Å². The van der Waals surface area contributed by atoms with Crippen LogP contribution in [0.5, 0.6) is 0 Å². The molecule has 1 aliphatic rings. The standard InChI is InChI=1S/C41H52O4/c1-26-14-13-17-34(28(26)3)37(43)24-32(23-30-15-11-10-12-16-30)29(4)39(44)35-25-45-41(8,9)38(35)36(42)21-19-31-18-20-33(22-27(31)2)40(5,6)7/h10-18,20,22,29,32,35,38H,19,21,23-25H2,1-9H3. The van der Waals surface area contributed by atoms with Gasteiger partial charge < -0.3 is 4.74 Å². The van der Waals surface area contributed by atoms with Gasteiger partial charge in [-0.1, -0.05) is 94.4 Å². The van der Waals surface area contributed by atoms with Crippen LogP contribution in [0.1, 0.15) is 98.1 Å². The second kappa shape index (κ2) is 14.0. The highest BCUT2D eigenvalue weighted by atomic mass is 16.5. The first-order chi connectivity index (χ1) is 21.1. The van der Waals surface area contributed by atoms with E-state index in [2.05, 4.69) is 58.0 Å². The largest absolute Gasteiger partial charge is 0.374 e. The van der Waals surface area contributed by atoms with E-state index in [1.54, 1.807) is 0 Å². The van der Waals surface area contributed by atoms with Gasteiger partial charge in [0.2, 0.25) is 0 Å². The van der Waals surface area contributed by atoms with Crippen LogP contribution in [-0.4, -0.2) is 29.6 Å². The van der Waals surface area contributed by atoms with Crippen molar-refractivity contribution < 1.29 is 19.1 Å². The molecule has 0 spiro atoms. The summed E-state index contributed by atoms with van der Waals surface area (Å²) in [5.41, 5.74) is 6.85. The summed E-state index contributed by atoms with van der Waals surface area (Å²) >= 11 is 0. The minimum Gasteiger partial charge on any atom is -0.374 e. The summed E-state index contributed by atoms with van der Waals surface area (Å²) in [7, 11) is 0. The van der Waals surface area contributed by atoms with E-state index < -0.39 is 23.4 Å². The summed E-state index contributed by atoms with van der Waals surface area (Å²) in [6.07, 6.45) is 1.89. The highest BCUT2D eigenvalue weighted by Gasteiger charge is 2.51. The molecular formula is C41H52O4. The van der Waals surface area contributed by atoms with Gasteiger partial charge in [-0.3, -0.25) is 14.4 Å². The van der Waals surface area contributed by atoms with Gasteiger partial charge in [0.1, 0.15) is 11.6 Å². The van der Waals surface area contributed by atoms with Crippen molar-refractivity contribution in [3.63, 3.8) is 0 Å². The van der Waals surface area contributed by atoms with E-state index in [9.17, 15) is 14.4 Å². The summed E-state index contributed by atoms with van der Waals surface area (Å²) < 4.78 is 6.16. The lowest BCUT2D eigenvalue weighted by Crippen LogP contribution is -2.41.